The van der Waals surface area contributed by atoms with E-state index in [0.717, 1.165) is 25.9 Å². The van der Waals surface area contributed by atoms with E-state index in [1.165, 1.54) is 12.1 Å². The first-order chi connectivity index (χ1) is 10.8. The van der Waals surface area contributed by atoms with Crippen molar-refractivity contribution in [1.29, 1.82) is 0 Å². The Hall–Kier alpha value is -1.40. The first kappa shape index (κ1) is 17.9. The highest BCUT2D eigenvalue weighted by Crippen LogP contribution is 2.19. The van der Waals surface area contributed by atoms with Crippen molar-refractivity contribution in [3.05, 3.63) is 29.8 Å². The predicted molar refractivity (Wildman–Crippen MR) is 90.8 cm³/mol. The van der Waals surface area contributed by atoms with E-state index in [0.29, 0.717) is 17.9 Å². The fourth-order valence-corrected chi connectivity index (χ4v) is 4.14. The molecule has 2 unspecified atom stereocenters. The zero-order valence-electron chi connectivity index (χ0n) is 14.1. The van der Waals surface area contributed by atoms with Gasteiger partial charge in [0.15, 0.2) is 0 Å². The van der Waals surface area contributed by atoms with Gasteiger partial charge < -0.3 is 4.90 Å². The fraction of sp³-hybridized carbons (Fsp3) is 0.588. The van der Waals surface area contributed by atoms with Crippen molar-refractivity contribution in [3.63, 3.8) is 0 Å². The van der Waals surface area contributed by atoms with E-state index >= 15 is 0 Å². The van der Waals surface area contributed by atoms with Gasteiger partial charge in [0, 0.05) is 24.7 Å². The average Bonchev–Trinajstić information content (AvgIpc) is 2.53. The second-order valence-corrected chi connectivity index (χ2v) is 8.17. The van der Waals surface area contributed by atoms with Crippen LogP contribution in [0.5, 0.6) is 0 Å². The summed E-state index contributed by atoms with van der Waals surface area (Å²) in [6, 6.07) is 6.18. The smallest absolute Gasteiger partial charge is 0.253 e. The molecule has 0 spiro atoms. The van der Waals surface area contributed by atoms with Crippen molar-refractivity contribution in [2.45, 2.75) is 51.0 Å². The van der Waals surface area contributed by atoms with Crippen LogP contribution in [0.3, 0.4) is 0 Å². The predicted octanol–water partition coefficient (Wildman–Crippen LogP) is 2.64. The second kappa shape index (κ2) is 7.45. The summed E-state index contributed by atoms with van der Waals surface area (Å²) >= 11 is 0. The zero-order chi connectivity index (χ0) is 17.0. The van der Waals surface area contributed by atoms with E-state index in [9.17, 15) is 13.2 Å². The van der Waals surface area contributed by atoms with Crippen LogP contribution in [-0.2, 0) is 10.0 Å². The molecular formula is C17H26N2O3S. The minimum atomic E-state index is -3.59. The third-order valence-corrected chi connectivity index (χ3v) is 5.89. The largest absolute Gasteiger partial charge is 0.338 e. The third-order valence-electron chi connectivity index (χ3n) is 4.30. The Morgan fingerprint density at radius 3 is 2.83 bits per heavy atom. The summed E-state index contributed by atoms with van der Waals surface area (Å²) < 4.78 is 27.4. The van der Waals surface area contributed by atoms with Crippen molar-refractivity contribution in [2.75, 3.05) is 13.1 Å². The fourth-order valence-electron chi connectivity index (χ4n) is 2.77. The SMILES string of the molecule is CCC(C)NS(=O)(=O)c1cccc(C(=O)N2CCCC(C)C2)c1. The molecule has 0 bridgehead atoms. The molecule has 5 nitrogen and oxygen atoms in total. The molecule has 2 atom stereocenters. The van der Waals surface area contributed by atoms with Crippen molar-refractivity contribution < 1.29 is 13.2 Å². The maximum atomic E-state index is 12.6. The Balaban J connectivity index is 2.21. The number of likely N-dealkylation sites (tertiary alicyclic amines) is 1. The van der Waals surface area contributed by atoms with E-state index < -0.39 is 10.0 Å². The molecule has 0 saturated carbocycles. The van der Waals surface area contributed by atoms with Crippen LogP contribution in [0.1, 0.15) is 50.4 Å². The maximum Gasteiger partial charge on any atom is 0.253 e. The van der Waals surface area contributed by atoms with E-state index in [1.54, 1.807) is 12.1 Å². The van der Waals surface area contributed by atoms with Gasteiger partial charge in [-0.05, 0) is 50.3 Å². The number of nitrogens with one attached hydrogen (secondary N) is 1. The van der Waals surface area contributed by atoms with Crippen LogP contribution in [0.15, 0.2) is 29.2 Å². The number of sulfonamides is 1. The molecule has 1 aliphatic heterocycles. The van der Waals surface area contributed by atoms with Crippen molar-refractivity contribution >= 4 is 15.9 Å². The molecule has 1 heterocycles. The summed E-state index contributed by atoms with van der Waals surface area (Å²) in [7, 11) is -3.59. The van der Waals surface area contributed by atoms with E-state index in [2.05, 4.69) is 11.6 Å². The molecule has 1 saturated heterocycles. The highest BCUT2D eigenvalue weighted by atomic mass is 32.2. The number of amides is 1. The van der Waals surface area contributed by atoms with Crippen molar-refractivity contribution in [3.8, 4) is 0 Å². The number of rotatable bonds is 5. The second-order valence-electron chi connectivity index (χ2n) is 6.46. The molecule has 0 radical (unpaired) electrons. The minimum absolute atomic E-state index is 0.0860. The molecule has 23 heavy (non-hydrogen) atoms. The molecule has 1 aromatic carbocycles. The highest BCUT2D eigenvalue weighted by Gasteiger charge is 2.24. The van der Waals surface area contributed by atoms with E-state index in [-0.39, 0.29) is 16.8 Å². The first-order valence-electron chi connectivity index (χ1n) is 8.25. The van der Waals surface area contributed by atoms with Gasteiger partial charge in [0.1, 0.15) is 0 Å². The van der Waals surface area contributed by atoms with Gasteiger partial charge >= 0.3 is 0 Å². The molecule has 1 amide bonds. The van der Waals surface area contributed by atoms with Gasteiger partial charge in [0.25, 0.3) is 5.91 Å². The van der Waals surface area contributed by atoms with Crippen LogP contribution in [0.2, 0.25) is 0 Å². The maximum absolute atomic E-state index is 12.6. The van der Waals surface area contributed by atoms with Crippen LogP contribution in [0.25, 0.3) is 0 Å². The molecule has 1 aromatic rings. The Kier molecular flexibility index (Phi) is 5.81. The van der Waals surface area contributed by atoms with Crippen molar-refractivity contribution in [2.24, 2.45) is 5.92 Å². The minimum Gasteiger partial charge on any atom is -0.338 e. The monoisotopic (exact) mass is 338 g/mol. The highest BCUT2D eigenvalue weighted by molar-refractivity contribution is 7.89. The average molecular weight is 338 g/mol. The van der Waals surface area contributed by atoms with Crippen molar-refractivity contribution in [1.82, 2.24) is 9.62 Å². The van der Waals surface area contributed by atoms with Crippen LogP contribution < -0.4 is 4.72 Å². The normalized spacial score (nSPS) is 20.3. The summed E-state index contributed by atoms with van der Waals surface area (Å²) in [4.78, 5) is 14.6. The number of carbonyl (C=O) groups excluding carboxylic acids is 1. The van der Waals surface area contributed by atoms with E-state index in [4.69, 9.17) is 0 Å². The molecular weight excluding hydrogens is 312 g/mol. The van der Waals surface area contributed by atoms with Gasteiger partial charge in [0.05, 0.1) is 4.90 Å². The summed E-state index contributed by atoms with van der Waals surface area (Å²) in [5.74, 6) is 0.406. The lowest BCUT2D eigenvalue weighted by Crippen LogP contribution is -2.39. The van der Waals surface area contributed by atoms with Gasteiger partial charge in [-0.3, -0.25) is 4.79 Å². The Labute approximate surface area is 139 Å². The van der Waals surface area contributed by atoms with Crippen LogP contribution >= 0.6 is 0 Å². The summed E-state index contributed by atoms with van der Waals surface area (Å²) in [5.41, 5.74) is 0.436. The van der Waals surface area contributed by atoms with Crippen LogP contribution in [0.4, 0.5) is 0 Å². The first-order valence-corrected chi connectivity index (χ1v) is 9.73. The van der Waals surface area contributed by atoms with Crippen LogP contribution in [0, 0.1) is 5.92 Å². The lowest BCUT2D eigenvalue weighted by atomic mass is 9.99. The Morgan fingerprint density at radius 1 is 1.43 bits per heavy atom. The van der Waals surface area contributed by atoms with Gasteiger partial charge in [-0.25, -0.2) is 13.1 Å². The molecule has 0 aliphatic carbocycles. The van der Waals surface area contributed by atoms with Gasteiger partial charge in [0.2, 0.25) is 10.0 Å². The molecule has 6 heteroatoms. The third kappa shape index (κ3) is 4.54. The molecule has 128 valence electrons. The number of hydrogen-bond donors (Lipinski definition) is 1. The number of benzene rings is 1. The Morgan fingerprint density at radius 2 is 2.17 bits per heavy atom. The quantitative estimate of drug-likeness (QED) is 0.897. The van der Waals surface area contributed by atoms with E-state index in [1.807, 2.05) is 18.7 Å². The van der Waals surface area contributed by atoms with Crippen LogP contribution in [-0.4, -0.2) is 38.4 Å². The number of nitrogens with zero attached hydrogens (tertiary/aromatic N) is 1. The number of hydrogen-bond acceptors (Lipinski definition) is 3. The standard InChI is InChI=1S/C17H26N2O3S/c1-4-14(3)18-23(21,22)16-9-5-8-15(11-16)17(20)19-10-6-7-13(2)12-19/h5,8-9,11,13-14,18H,4,6-7,10,12H2,1-3H3. The summed E-state index contributed by atoms with van der Waals surface area (Å²) in [6.07, 6.45) is 2.85. The topological polar surface area (TPSA) is 66.5 Å². The number of piperidine rings is 1. The van der Waals surface area contributed by atoms with Gasteiger partial charge in [-0.2, -0.15) is 0 Å². The molecule has 2 rings (SSSR count). The molecule has 1 aliphatic rings. The lowest BCUT2D eigenvalue weighted by molar-refractivity contribution is 0.0683. The lowest BCUT2D eigenvalue weighted by Gasteiger charge is -2.31. The van der Waals surface area contributed by atoms with Gasteiger partial charge in [-0.15, -0.1) is 0 Å². The Bertz CT molecular complexity index is 658. The van der Waals surface area contributed by atoms with Gasteiger partial charge in [-0.1, -0.05) is 19.9 Å². The molecule has 1 N–H and O–H groups in total. The summed E-state index contributed by atoms with van der Waals surface area (Å²) in [6.45, 7) is 7.36. The number of carbonyl (C=O) groups is 1. The molecule has 0 aromatic heterocycles. The summed E-state index contributed by atoms with van der Waals surface area (Å²) in [5, 5.41) is 0. The molecule has 1 fully saturated rings. The zero-order valence-corrected chi connectivity index (χ0v) is 14.9.